The number of hydrogen-bond acceptors (Lipinski definition) is 3. The molecule has 0 unspecified atom stereocenters. The first-order valence-electron chi connectivity index (χ1n) is 3.71. The quantitative estimate of drug-likeness (QED) is 0.801. The topological polar surface area (TPSA) is 49.7 Å². The van der Waals surface area contributed by atoms with Crippen molar-refractivity contribution in [3.63, 3.8) is 0 Å². The molecule has 0 bridgehead atoms. The van der Waals surface area contributed by atoms with E-state index in [1.807, 2.05) is 0 Å². The van der Waals surface area contributed by atoms with Crippen LogP contribution in [0.25, 0.3) is 0 Å². The van der Waals surface area contributed by atoms with E-state index < -0.39 is 19.5 Å². The van der Waals surface area contributed by atoms with Crippen LogP contribution in [0.5, 0.6) is 5.75 Å². The molecule has 0 aromatic heterocycles. The van der Waals surface area contributed by atoms with E-state index in [-0.39, 0.29) is 15.5 Å². The second kappa shape index (κ2) is 4.98. The summed E-state index contributed by atoms with van der Waals surface area (Å²) >= 11 is 11.1. The molecular weight excluding hydrogens is 252 g/mol. The van der Waals surface area contributed by atoms with E-state index in [0.29, 0.717) is 0 Å². The SMILES string of the molecule is OB(O)c1cc(Cl)cc(Cl)c1OC(F)F. The van der Waals surface area contributed by atoms with Gasteiger partial charge in [-0.1, -0.05) is 23.2 Å². The Labute approximate surface area is 94.3 Å². The summed E-state index contributed by atoms with van der Waals surface area (Å²) in [6.45, 7) is -3.11. The zero-order valence-corrected chi connectivity index (χ0v) is 8.64. The van der Waals surface area contributed by atoms with Crippen molar-refractivity contribution < 1.29 is 23.6 Å². The van der Waals surface area contributed by atoms with Crippen molar-refractivity contribution in [3.8, 4) is 5.75 Å². The maximum Gasteiger partial charge on any atom is 0.492 e. The van der Waals surface area contributed by atoms with Crippen LogP contribution in [0.3, 0.4) is 0 Å². The predicted octanol–water partition coefficient (Wildman–Crippen LogP) is 1.27. The van der Waals surface area contributed by atoms with Gasteiger partial charge in [0.15, 0.2) is 0 Å². The van der Waals surface area contributed by atoms with Crippen molar-refractivity contribution >= 4 is 35.8 Å². The fourth-order valence-electron chi connectivity index (χ4n) is 0.985. The maximum absolute atomic E-state index is 12.0. The number of halogens is 4. The Morgan fingerprint density at radius 1 is 1.27 bits per heavy atom. The highest BCUT2D eigenvalue weighted by Gasteiger charge is 2.23. The lowest BCUT2D eigenvalue weighted by Crippen LogP contribution is -2.32. The van der Waals surface area contributed by atoms with Crippen LogP contribution in [0, 0.1) is 0 Å². The van der Waals surface area contributed by atoms with Gasteiger partial charge in [0.05, 0.1) is 5.02 Å². The van der Waals surface area contributed by atoms with Gasteiger partial charge in [0.25, 0.3) is 0 Å². The average Bonchev–Trinajstić information content (AvgIpc) is 2.08. The zero-order valence-electron chi connectivity index (χ0n) is 7.12. The molecule has 1 rings (SSSR count). The van der Waals surface area contributed by atoms with E-state index in [9.17, 15) is 8.78 Å². The van der Waals surface area contributed by atoms with Crippen molar-refractivity contribution in [2.24, 2.45) is 0 Å². The smallest absolute Gasteiger partial charge is 0.434 e. The molecule has 0 aliphatic carbocycles. The molecule has 0 amide bonds. The lowest BCUT2D eigenvalue weighted by atomic mass is 9.79. The summed E-state index contributed by atoms with van der Waals surface area (Å²) in [6, 6.07) is 2.24. The molecule has 0 spiro atoms. The van der Waals surface area contributed by atoms with E-state index in [2.05, 4.69) is 4.74 Å². The molecule has 1 aromatic carbocycles. The lowest BCUT2D eigenvalue weighted by molar-refractivity contribution is -0.0491. The van der Waals surface area contributed by atoms with Crippen LogP contribution in [0.2, 0.25) is 10.0 Å². The summed E-state index contributed by atoms with van der Waals surface area (Å²) in [5.41, 5.74) is -0.312. The second-order valence-electron chi connectivity index (χ2n) is 2.56. The third-order valence-corrected chi connectivity index (χ3v) is 2.02. The van der Waals surface area contributed by atoms with Crippen LogP contribution in [-0.4, -0.2) is 23.8 Å². The van der Waals surface area contributed by atoms with Crippen LogP contribution in [0.15, 0.2) is 12.1 Å². The standard InChI is InChI=1S/C7H5BCl2F2O3/c9-3-1-4(8(13)14)6(5(10)2-3)15-7(11)12/h1-2,7,13-14H. The van der Waals surface area contributed by atoms with Crippen molar-refractivity contribution in [1.82, 2.24) is 0 Å². The van der Waals surface area contributed by atoms with Gasteiger partial charge in [0.2, 0.25) is 0 Å². The van der Waals surface area contributed by atoms with Gasteiger partial charge in [-0.05, 0) is 12.1 Å². The molecule has 3 nitrogen and oxygen atoms in total. The minimum atomic E-state index is -3.11. The Morgan fingerprint density at radius 3 is 2.33 bits per heavy atom. The average molecular weight is 257 g/mol. The summed E-state index contributed by atoms with van der Waals surface area (Å²) in [6.07, 6.45) is 0. The largest absolute Gasteiger partial charge is 0.492 e. The van der Waals surface area contributed by atoms with Gasteiger partial charge in [-0.25, -0.2) is 0 Å². The Kier molecular flexibility index (Phi) is 4.16. The normalized spacial score (nSPS) is 10.6. The van der Waals surface area contributed by atoms with Crippen LogP contribution < -0.4 is 10.2 Å². The Bertz CT molecular complexity index is 362. The van der Waals surface area contributed by atoms with Crippen LogP contribution >= 0.6 is 23.2 Å². The molecule has 0 saturated carbocycles. The number of hydrogen-bond donors (Lipinski definition) is 2. The first kappa shape index (κ1) is 12.5. The highest BCUT2D eigenvalue weighted by atomic mass is 35.5. The minimum absolute atomic E-state index is 0.0877. The van der Waals surface area contributed by atoms with Crippen molar-refractivity contribution in [1.29, 1.82) is 0 Å². The van der Waals surface area contributed by atoms with Crippen molar-refractivity contribution in [2.75, 3.05) is 0 Å². The fourth-order valence-corrected chi connectivity index (χ4v) is 1.54. The predicted molar refractivity (Wildman–Crippen MR) is 52.9 cm³/mol. The molecular formula is C7H5BCl2F2O3. The fraction of sp³-hybridized carbons (Fsp3) is 0.143. The second-order valence-corrected chi connectivity index (χ2v) is 3.40. The highest BCUT2D eigenvalue weighted by molar-refractivity contribution is 6.61. The maximum atomic E-state index is 12.0. The van der Waals surface area contributed by atoms with Gasteiger partial charge in [-0.2, -0.15) is 8.78 Å². The molecule has 0 heterocycles. The molecule has 2 N–H and O–H groups in total. The first-order valence-corrected chi connectivity index (χ1v) is 4.47. The molecule has 0 radical (unpaired) electrons. The Balaban J connectivity index is 3.21. The van der Waals surface area contributed by atoms with Gasteiger partial charge in [0, 0.05) is 10.5 Å². The molecule has 15 heavy (non-hydrogen) atoms. The summed E-state index contributed by atoms with van der Waals surface area (Å²) in [5.74, 6) is -0.494. The number of ether oxygens (including phenoxy) is 1. The summed E-state index contributed by atoms with van der Waals surface area (Å²) < 4.78 is 28.0. The summed E-state index contributed by atoms with van der Waals surface area (Å²) in [5, 5.41) is 17.6. The highest BCUT2D eigenvalue weighted by Crippen LogP contribution is 2.27. The van der Waals surface area contributed by atoms with Crippen molar-refractivity contribution in [2.45, 2.75) is 6.61 Å². The van der Waals surface area contributed by atoms with Crippen LogP contribution in [0.1, 0.15) is 0 Å². The molecule has 0 aliphatic heterocycles. The van der Waals surface area contributed by atoms with Crippen LogP contribution in [-0.2, 0) is 0 Å². The van der Waals surface area contributed by atoms with Gasteiger partial charge in [-0.3, -0.25) is 0 Å². The van der Waals surface area contributed by atoms with E-state index in [0.717, 1.165) is 12.1 Å². The summed E-state index contributed by atoms with van der Waals surface area (Å²) in [7, 11) is -1.99. The van der Waals surface area contributed by atoms with Gasteiger partial charge < -0.3 is 14.8 Å². The lowest BCUT2D eigenvalue weighted by Gasteiger charge is -2.12. The third kappa shape index (κ3) is 3.20. The first-order chi connectivity index (χ1) is 6.91. The van der Waals surface area contributed by atoms with E-state index in [1.54, 1.807) is 0 Å². The number of benzene rings is 1. The molecule has 82 valence electrons. The molecule has 0 saturated heterocycles. The van der Waals surface area contributed by atoms with E-state index >= 15 is 0 Å². The molecule has 1 aromatic rings. The Morgan fingerprint density at radius 2 is 1.87 bits per heavy atom. The number of alkyl halides is 2. The molecule has 0 fully saturated rings. The monoisotopic (exact) mass is 256 g/mol. The van der Waals surface area contributed by atoms with Gasteiger partial charge in [0.1, 0.15) is 5.75 Å². The van der Waals surface area contributed by atoms with Gasteiger partial charge in [-0.15, -0.1) is 0 Å². The minimum Gasteiger partial charge on any atom is -0.434 e. The third-order valence-electron chi connectivity index (χ3n) is 1.52. The van der Waals surface area contributed by atoms with E-state index in [1.165, 1.54) is 0 Å². The summed E-state index contributed by atoms with van der Waals surface area (Å²) in [4.78, 5) is 0. The molecule has 0 aliphatic rings. The van der Waals surface area contributed by atoms with E-state index in [4.69, 9.17) is 33.2 Å². The molecule has 0 atom stereocenters. The Hall–Kier alpha value is -0.555. The molecule has 8 heteroatoms. The zero-order chi connectivity index (χ0) is 11.6. The van der Waals surface area contributed by atoms with Gasteiger partial charge >= 0.3 is 13.7 Å². The van der Waals surface area contributed by atoms with Crippen LogP contribution in [0.4, 0.5) is 8.78 Å². The van der Waals surface area contributed by atoms with Crippen molar-refractivity contribution in [3.05, 3.63) is 22.2 Å². The number of rotatable bonds is 3.